The minimum atomic E-state index is -0.486. The van der Waals surface area contributed by atoms with E-state index in [-0.39, 0.29) is 5.69 Å². The van der Waals surface area contributed by atoms with Crippen molar-refractivity contribution in [3.8, 4) is 0 Å². The topological polar surface area (TPSA) is 52.1 Å². The molecule has 0 N–H and O–H groups in total. The van der Waals surface area contributed by atoms with Crippen LogP contribution in [0.2, 0.25) is 10.2 Å². The summed E-state index contributed by atoms with van der Waals surface area (Å²) in [7, 11) is 1.32. The number of hydrogen-bond donors (Lipinski definition) is 0. The van der Waals surface area contributed by atoms with E-state index < -0.39 is 5.97 Å². The maximum atomic E-state index is 11.6. The second-order valence-electron chi connectivity index (χ2n) is 4.22. The maximum Gasteiger partial charge on any atom is 0.356 e. The first-order chi connectivity index (χ1) is 9.51. The standard InChI is InChI=1S/C14H12Cl2N2O2/c1-8-13(16)10(6-11(18-8)14(19)20-2)5-9-3-4-12(15)17-7-9/h3-4,6-7H,5H2,1-2H3. The predicted molar refractivity (Wildman–Crippen MR) is 77.4 cm³/mol. The molecule has 0 unspecified atom stereocenters. The minimum Gasteiger partial charge on any atom is -0.464 e. The molecule has 0 radical (unpaired) electrons. The third kappa shape index (κ3) is 3.26. The van der Waals surface area contributed by atoms with Gasteiger partial charge in [-0.25, -0.2) is 14.8 Å². The van der Waals surface area contributed by atoms with E-state index in [0.717, 1.165) is 11.1 Å². The van der Waals surface area contributed by atoms with E-state index in [2.05, 4.69) is 14.7 Å². The molecule has 0 aliphatic carbocycles. The Morgan fingerprint density at radius 2 is 2.10 bits per heavy atom. The number of methoxy groups -OCH3 is 1. The first kappa shape index (κ1) is 14.8. The average molecular weight is 311 g/mol. The lowest BCUT2D eigenvalue weighted by atomic mass is 10.1. The highest BCUT2D eigenvalue weighted by Gasteiger charge is 2.14. The summed E-state index contributed by atoms with van der Waals surface area (Å²) in [6.07, 6.45) is 2.21. The van der Waals surface area contributed by atoms with Crippen LogP contribution in [0, 0.1) is 6.92 Å². The highest BCUT2D eigenvalue weighted by Crippen LogP contribution is 2.23. The molecule has 2 aromatic heterocycles. The van der Waals surface area contributed by atoms with E-state index in [4.69, 9.17) is 23.2 Å². The number of nitrogens with zero attached hydrogens (tertiary/aromatic N) is 2. The van der Waals surface area contributed by atoms with Gasteiger partial charge in [-0.15, -0.1) is 0 Å². The van der Waals surface area contributed by atoms with E-state index in [1.807, 2.05) is 6.07 Å². The molecule has 20 heavy (non-hydrogen) atoms. The second kappa shape index (κ2) is 6.20. The third-order valence-corrected chi connectivity index (χ3v) is 3.52. The van der Waals surface area contributed by atoms with Crippen LogP contribution in [0.15, 0.2) is 24.4 Å². The van der Waals surface area contributed by atoms with E-state index in [9.17, 15) is 4.79 Å². The lowest BCUT2D eigenvalue weighted by Crippen LogP contribution is -2.07. The molecule has 0 fully saturated rings. The fourth-order valence-corrected chi connectivity index (χ4v) is 2.07. The number of halogens is 2. The van der Waals surface area contributed by atoms with Gasteiger partial charge in [-0.3, -0.25) is 0 Å². The zero-order valence-corrected chi connectivity index (χ0v) is 12.5. The van der Waals surface area contributed by atoms with E-state index in [1.165, 1.54) is 7.11 Å². The number of aromatic nitrogens is 2. The zero-order valence-electron chi connectivity index (χ0n) is 11.0. The Morgan fingerprint density at radius 3 is 2.70 bits per heavy atom. The van der Waals surface area contributed by atoms with Gasteiger partial charge in [-0.05, 0) is 30.2 Å². The first-order valence-corrected chi connectivity index (χ1v) is 6.61. The van der Waals surface area contributed by atoms with Crippen molar-refractivity contribution in [2.24, 2.45) is 0 Å². The molecule has 2 rings (SSSR count). The van der Waals surface area contributed by atoms with Crippen molar-refractivity contribution in [2.75, 3.05) is 7.11 Å². The number of carbonyl (C=O) groups is 1. The van der Waals surface area contributed by atoms with E-state index >= 15 is 0 Å². The molecule has 0 bridgehead atoms. The zero-order chi connectivity index (χ0) is 14.7. The molecule has 4 nitrogen and oxygen atoms in total. The monoisotopic (exact) mass is 310 g/mol. The molecule has 0 aromatic carbocycles. The lowest BCUT2D eigenvalue weighted by molar-refractivity contribution is 0.0593. The second-order valence-corrected chi connectivity index (χ2v) is 4.99. The summed E-state index contributed by atoms with van der Waals surface area (Å²) in [6, 6.07) is 5.20. The number of carbonyl (C=O) groups excluding carboxylic acids is 1. The molecular formula is C14H12Cl2N2O2. The Kier molecular flexibility index (Phi) is 4.57. The molecule has 6 heteroatoms. The van der Waals surface area contributed by atoms with Crippen LogP contribution in [0.5, 0.6) is 0 Å². The van der Waals surface area contributed by atoms with Crippen LogP contribution >= 0.6 is 23.2 Å². The summed E-state index contributed by atoms with van der Waals surface area (Å²) in [5, 5.41) is 0.966. The van der Waals surface area contributed by atoms with E-state index in [1.54, 1.807) is 25.3 Å². The number of esters is 1. The van der Waals surface area contributed by atoms with Gasteiger partial charge in [0.2, 0.25) is 0 Å². The fourth-order valence-electron chi connectivity index (χ4n) is 1.79. The van der Waals surface area contributed by atoms with Crippen LogP contribution < -0.4 is 0 Å². The van der Waals surface area contributed by atoms with Crippen LogP contribution in [0.1, 0.15) is 27.3 Å². The molecule has 0 aliphatic rings. The van der Waals surface area contributed by atoms with Gasteiger partial charge >= 0.3 is 5.97 Å². The Morgan fingerprint density at radius 1 is 1.35 bits per heavy atom. The van der Waals surface area contributed by atoms with Crippen LogP contribution in [-0.4, -0.2) is 23.0 Å². The smallest absolute Gasteiger partial charge is 0.356 e. The molecule has 0 saturated heterocycles. The van der Waals surface area contributed by atoms with Gasteiger partial charge in [0.15, 0.2) is 0 Å². The normalized spacial score (nSPS) is 10.4. The SMILES string of the molecule is COC(=O)c1cc(Cc2ccc(Cl)nc2)c(Cl)c(C)n1. The van der Waals surface area contributed by atoms with E-state index in [0.29, 0.717) is 22.3 Å². The predicted octanol–water partition coefficient (Wildman–Crippen LogP) is 3.47. The summed E-state index contributed by atoms with van der Waals surface area (Å²) in [6.45, 7) is 1.75. The molecule has 0 saturated carbocycles. The quantitative estimate of drug-likeness (QED) is 0.643. The van der Waals surface area contributed by atoms with Crippen molar-refractivity contribution in [3.05, 3.63) is 57.1 Å². The Hall–Kier alpha value is -1.65. The van der Waals surface area contributed by atoms with Gasteiger partial charge in [0.25, 0.3) is 0 Å². The van der Waals surface area contributed by atoms with Crippen LogP contribution in [-0.2, 0) is 11.2 Å². The lowest BCUT2D eigenvalue weighted by Gasteiger charge is -2.09. The molecular weight excluding hydrogens is 299 g/mol. The molecule has 104 valence electrons. The number of hydrogen-bond acceptors (Lipinski definition) is 4. The summed E-state index contributed by atoms with van der Waals surface area (Å²) < 4.78 is 4.68. The van der Waals surface area contributed by atoms with Gasteiger partial charge in [0.05, 0.1) is 17.8 Å². The van der Waals surface area contributed by atoms with Gasteiger partial charge in [0.1, 0.15) is 10.8 Å². The molecule has 0 atom stereocenters. The summed E-state index contributed by atoms with van der Waals surface area (Å²) in [4.78, 5) is 19.7. The third-order valence-electron chi connectivity index (χ3n) is 2.78. The largest absolute Gasteiger partial charge is 0.464 e. The highest BCUT2D eigenvalue weighted by molar-refractivity contribution is 6.32. The van der Waals surface area contributed by atoms with Gasteiger partial charge < -0.3 is 4.74 Å². The molecule has 0 amide bonds. The minimum absolute atomic E-state index is 0.242. The number of ether oxygens (including phenoxy) is 1. The molecule has 2 aromatic rings. The van der Waals surface area contributed by atoms with Crippen molar-refractivity contribution in [1.29, 1.82) is 0 Å². The molecule has 0 spiro atoms. The summed E-state index contributed by atoms with van der Waals surface area (Å²) >= 11 is 12.0. The molecule has 2 heterocycles. The fraction of sp³-hybridized carbons (Fsp3) is 0.214. The van der Waals surface area contributed by atoms with Crippen molar-refractivity contribution in [1.82, 2.24) is 9.97 Å². The Labute approximate surface area is 126 Å². The van der Waals surface area contributed by atoms with Crippen molar-refractivity contribution in [2.45, 2.75) is 13.3 Å². The van der Waals surface area contributed by atoms with Gasteiger partial charge in [-0.1, -0.05) is 29.3 Å². The Balaban J connectivity index is 2.37. The summed E-state index contributed by atoms with van der Waals surface area (Å²) in [5.74, 6) is -0.486. The number of aryl methyl sites for hydroxylation is 1. The van der Waals surface area contributed by atoms with Crippen LogP contribution in [0.25, 0.3) is 0 Å². The summed E-state index contributed by atoms with van der Waals surface area (Å²) in [5.41, 5.74) is 2.57. The Bertz CT molecular complexity index is 642. The van der Waals surface area contributed by atoms with Gasteiger partial charge in [0, 0.05) is 12.6 Å². The van der Waals surface area contributed by atoms with Crippen LogP contribution in [0.3, 0.4) is 0 Å². The van der Waals surface area contributed by atoms with Crippen molar-refractivity contribution >= 4 is 29.2 Å². The highest BCUT2D eigenvalue weighted by atomic mass is 35.5. The number of rotatable bonds is 3. The van der Waals surface area contributed by atoms with Crippen LogP contribution in [0.4, 0.5) is 0 Å². The van der Waals surface area contributed by atoms with Crippen molar-refractivity contribution in [3.63, 3.8) is 0 Å². The van der Waals surface area contributed by atoms with Crippen molar-refractivity contribution < 1.29 is 9.53 Å². The first-order valence-electron chi connectivity index (χ1n) is 5.86. The average Bonchev–Trinajstić information content (AvgIpc) is 2.45. The maximum absolute atomic E-state index is 11.6. The van der Waals surface area contributed by atoms with Gasteiger partial charge in [-0.2, -0.15) is 0 Å². The number of pyridine rings is 2. The molecule has 0 aliphatic heterocycles.